The molecular weight excluding hydrogens is 250 g/mol. The van der Waals surface area contributed by atoms with Crippen molar-refractivity contribution in [2.24, 2.45) is 0 Å². The number of hydrogen-bond acceptors (Lipinski definition) is 2. The van der Waals surface area contributed by atoms with Gasteiger partial charge < -0.3 is 9.94 Å². The van der Waals surface area contributed by atoms with Crippen molar-refractivity contribution < 1.29 is 9.47 Å². The van der Waals surface area contributed by atoms with E-state index in [1.807, 2.05) is 61.5 Å². The lowest BCUT2D eigenvalue weighted by Gasteiger charge is -2.11. The monoisotopic (exact) mass is 265 g/mol. The highest BCUT2D eigenvalue weighted by atomic mass is 16.5. The highest BCUT2D eigenvalue weighted by Crippen LogP contribution is 2.26. The van der Waals surface area contributed by atoms with Crippen molar-refractivity contribution in [3.63, 3.8) is 0 Å². The summed E-state index contributed by atoms with van der Waals surface area (Å²) in [6.07, 6.45) is 0. The molecule has 0 aliphatic rings. The molecule has 0 saturated carbocycles. The first-order valence-corrected chi connectivity index (χ1v) is 6.47. The van der Waals surface area contributed by atoms with Gasteiger partial charge in [0.05, 0.1) is 12.5 Å². The molecule has 1 heterocycles. The van der Waals surface area contributed by atoms with Crippen LogP contribution in [-0.4, -0.2) is 7.11 Å². The summed E-state index contributed by atoms with van der Waals surface area (Å²) in [5.41, 5.74) is 2.27. The summed E-state index contributed by atoms with van der Waals surface area (Å²) in [4.78, 5) is 0. The van der Waals surface area contributed by atoms with Gasteiger partial charge in [-0.3, -0.25) is 0 Å². The van der Waals surface area contributed by atoms with E-state index in [1.165, 1.54) is 0 Å². The molecule has 0 aliphatic carbocycles. The highest BCUT2D eigenvalue weighted by molar-refractivity contribution is 5.87. The van der Waals surface area contributed by atoms with Crippen LogP contribution >= 0.6 is 0 Å². The summed E-state index contributed by atoms with van der Waals surface area (Å²) in [5, 5.41) is 14.4. The van der Waals surface area contributed by atoms with Crippen molar-refractivity contribution in [3.05, 3.63) is 65.5 Å². The Balaban J connectivity index is 2.31. The Kier molecular flexibility index (Phi) is 3.03. The predicted octanol–water partition coefficient (Wildman–Crippen LogP) is 3.46. The largest absolute Gasteiger partial charge is 0.618 e. The number of aromatic nitrogens is 1. The van der Waals surface area contributed by atoms with Crippen LogP contribution in [0, 0.1) is 12.1 Å². The van der Waals surface area contributed by atoms with E-state index in [0.717, 1.165) is 26.8 Å². The molecule has 3 rings (SSSR count). The summed E-state index contributed by atoms with van der Waals surface area (Å²) in [6, 6.07) is 17.3. The lowest BCUT2D eigenvalue weighted by atomic mass is 10.0. The molecule has 2 aromatic carbocycles. The molecule has 100 valence electrons. The number of methoxy groups -OCH3 is 1. The van der Waals surface area contributed by atoms with Crippen LogP contribution in [0.1, 0.15) is 5.69 Å². The van der Waals surface area contributed by atoms with Gasteiger partial charge in [0.2, 0.25) is 5.69 Å². The molecule has 0 aliphatic heterocycles. The molecule has 0 radical (unpaired) electrons. The molecule has 20 heavy (non-hydrogen) atoms. The van der Waals surface area contributed by atoms with Gasteiger partial charge in [-0.15, -0.1) is 0 Å². The number of pyridine rings is 1. The van der Waals surface area contributed by atoms with E-state index in [2.05, 4.69) is 0 Å². The first kappa shape index (κ1) is 12.5. The lowest BCUT2D eigenvalue weighted by Crippen LogP contribution is -2.33. The normalized spacial score (nSPS) is 10.7. The van der Waals surface area contributed by atoms with Crippen LogP contribution < -0.4 is 9.47 Å². The fourth-order valence-corrected chi connectivity index (χ4v) is 2.42. The fraction of sp³-hybridized carbons (Fsp3) is 0.118. The molecule has 3 aromatic rings. The standard InChI is InChI=1S/C17H15NO2/c1-12-16-9-8-15(20-2)10-14(16)11-17(18(12)19)13-6-4-3-5-7-13/h3-11H,1-2H3. The molecule has 0 atom stereocenters. The molecule has 0 N–H and O–H groups in total. The highest BCUT2D eigenvalue weighted by Gasteiger charge is 2.15. The van der Waals surface area contributed by atoms with Gasteiger partial charge in [0.1, 0.15) is 5.75 Å². The Morgan fingerprint density at radius 2 is 1.75 bits per heavy atom. The van der Waals surface area contributed by atoms with E-state index < -0.39 is 0 Å². The molecule has 3 heteroatoms. The maximum atomic E-state index is 12.4. The summed E-state index contributed by atoms with van der Waals surface area (Å²) in [5.74, 6) is 0.791. The van der Waals surface area contributed by atoms with Crippen LogP contribution in [0.4, 0.5) is 0 Å². The SMILES string of the molecule is COc1ccc2c(C)[n+]([O-])c(-c3ccccc3)cc2c1. The Labute approximate surface area is 117 Å². The number of fused-ring (bicyclic) bond motifs is 1. The Bertz CT molecular complexity index is 767. The van der Waals surface area contributed by atoms with Gasteiger partial charge in [-0.1, -0.05) is 18.2 Å². The first-order valence-electron chi connectivity index (χ1n) is 6.47. The molecule has 0 unspecified atom stereocenters. The van der Waals surface area contributed by atoms with E-state index in [1.54, 1.807) is 7.11 Å². The van der Waals surface area contributed by atoms with Gasteiger partial charge in [0.25, 0.3) is 0 Å². The van der Waals surface area contributed by atoms with Gasteiger partial charge in [0.15, 0.2) is 5.69 Å². The third-order valence-electron chi connectivity index (χ3n) is 3.53. The smallest absolute Gasteiger partial charge is 0.224 e. The van der Waals surface area contributed by atoms with Crippen molar-refractivity contribution in [2.75, 3.05) is 7.11 Å². The number of rotatable bonds is 2. The van der Waals surface area contributed by atoms with Crippen molar-refractivity contribution in [1.82, 2.24) is 0 Å². The van der Waals surface area contributed by atoms with Crippen LogP contribution in [0.25, 0.3) is 22.0 Å². The predicted molar refractivity (Wildman–Crippen MR) is 79.6 cm³/mol. The molecule has 0 saturated heterocycles. The molecule has 1 aromatic heterocycles. The molecule has 0 amide bonds. The van der Waals surface area contributed by atoms with Crippen molar-refractivity contribution in [2.45, 2.75) is 6.92 Å². The number of benzene rings is 2. The minimum absolute atomic E-state index is 0.656. The molecule has 3 nitrogen and oxygen atoms in total. The zero-order chi connectivity index (χ0) is 14.1. The van der Waals surface area contributed by atoms with Crippen LogP contribution in [0.5, 0.6) is 5.75 Å². The number of nitrogens with zero attached hydrogens (tertiary/aromatic N) is 1. The quantitative estimate of drug-likeness (QED) is 0.525. The first-order chi connectivity index (χ1) is 9.70. The van der Waals surface area contributed by atoms with Crippen LogP contribution in [-0.2, 0) is 0 Å². The number of ether oxygens (including phenoxy) is 1. The van der Waals surface area contributed by atoms with Crippen LogP contribution in [0.2, 0.25) is 0 Å². The van der Waals surface area contributed by atoms with Crippen molar-refractivity contribution in [1.29, 1.82) is 0 Å². The van der Waals surface area contributed by atoms with Gasteiger partial charge in [-0.05, 0) is 35.7 Å². The van der Waals surface area contributed by atoms with E-state index in [4.69, 9.17) is 4.74 Å². The molecule has 0 fully saturated rings. The zero-order valence-corrected chi connectivity index (χ0v) is 11.5. The summed E-state index contributed by atoms with van der Waals surface area (Å²) in [7, 11) is 1.64. The van der Waals surface area contributed by atoms with Crippen molar-refractivity contribution in [3.8, 4) is 17.0 Å². The van der Waals surface area contributed by atoms with E-state index in [9.17, 15) is 5.21 Å². The Morgan fingerprint density at radius 1 is 1.00 bits per heavy atom. The summed E-state index contributed by atoms with van der Waals surface area (Å²) >= 11 is 0. The zero-order valence-electron chi connectivity index (χ0n) is 11.5. The topological polar surface area (TPSA) is 36.2 Å². The second-order valence-corrected chi connectivity index (χ2v) is 4.73. The molecule has 0 bridgehead atoms. The third-order valence-corrected chi connectivity index (χ3v) is 3.53. The average Bonchev–Trinajstić information content (AvgIpc) is 2.51. The van der Waals surface area contributed by atoms with Crippen LogP contribution in [0.3, 0.4) is 0 Å². The van der Waals surface area contributed by atoms with Crippen molar-refractivity contribution >= 4 is 10.8 Å². The Morgan fingerprint density at radius 3 is 2.45 bits per heavy atom. The molecule has 0 spiro atoms. The minimum atomic E-state index is 0.656. The minimum Gasteiger partial charge on any atom is -0.618 e. The second-order valence-electron chi connectivity index (χ2n) is 4.73. The van der Waals surface area contributed by atoms with E-state index in [-0.39, 0.29) is 0 Å². The maximum absolute atomic E-state index is 12.4. The summed E-state index contributed by atoms with van der Waals surface area (Å²) < 4.78 is 6.24. The fourth-order valence-electron chi connectivity index (χ4n) is 2.42. The van der Waals surface area contributed by atoms with Crippen LogP contribution in [0.15, 0.2) is 54.6 Å². The average molecular weight is 265 g/mol. The number of aryl methyl sites for hydroxylation is 1. The van der Waals surface area contributed by atoms with Gasteiger partial charge >= 0.3 is 0 Å². The van der Waals surface area contributed by atoms with E-state index >= 15 is 0 Å². The Hall–Kier alpha value is -2.55. The summed E-state index contributed by atoms with van der Waals surface area (Å²) in [6.45, 7) is 1.84. The van der Waals surface area contributed by atoms with Gasteiger partial charge in [-0.25, -0.2) is 0 Å². The maximum Gasteiger partial charge on any atom is 0.224 e. The number of hydrogen-bond donors (Lipinski definition) is 0. The van der Waals surface area contributed by atoms with Gasteiger partial charge in [-0.2, -0.15) is 4.73 Å². The van der Waals surface area contributed by atoms with Gasteiger partial charge in [0, 0.05) is 18.6 Å². The van der Waals surface area contributed by atoms with E-state index in [0.29, 0.717) is 11.4 Å². The molecular formula is C17H15NO2. The lowest BCUT2D eigenvalue weighted by molar-refractivity contribution is -0.599. The second kappa shape index (κ2) is 4.85. The third kappa shape index (κ3) is 1.97.